The Morgan fingerprint density at radius 1 is 1.45 bits per heavy atom. The van der Waals surface area contributed by atoms with Crippen molar-refractivity contribution in [3.63, 3.8) is 0 Å². The molecule has 2 nitrogen and oxygen atoms in total. The maximum Gasteiger partial charge on any atom is 0.127 e. The van der Waals surface area contributed by atoms with E-state index in [2.05, 4.69) is 19.9 Å². The lowest BCUT2D eigenvalue weighted by Crippen LogP contribution is -2.14. The fraction of sp³-hybridized carbons (Fsp3) is 0.556. The molecule has 3 atom stereocenters. The number of nitrogens with zero attached hydrogens (tertiary/aromatic N) is 1. The highest BCUT2D eigenvalue weighted by Gasteiger charge is 2.33. The van der Waals surface area contributed by atoms with Crippen molar-refractivity contribution in [2.75, 3.05) is 0 Å². The summed E-state index contributed by atoms with van der Waals surface area (Å²) in [5.41, 5.74) is 3.02. The molecule has 1 aliphatic carbocycles. The average Bonchev–Trinajstić information content (AvgIpc) is 2.82. The van der Waals surface area contributed by atoms with Crippen LogP contribution in [0.2, 0.25) is 0 Å². The van der Waals surface area contributed by atoms with Crippen molar-refractivity contribution in [1.82, 2.24) is 0 Å². The van der Waals surface area contributed by atoms with Crippen molar-refractivity contribution in [3.8, 4) is 6.07 Å². The van der Waals surface area contributed by atoms with Crippen LogP contribution in [0.15, 0.2) is 18.2 Å². The van der Waals surface area contributed by atoms with Crippen LogP contribution in [0, 0.1) is 23.2 Å². The predicted molar refractivity (Wildman–Crippen MR) is 80.5 cm³/mol. The highest BCUT2D eigenvalue weighted by Crippen LogP contribution is 2.41. The molecule has 1 unspecified atom stereocenters. The van der Waals surface area contributed by atoms with Crippen molar-refractivity contribution in [1.29, 1.82) is 5.26 Å². The number of carbonyl (C=O) groups excluding carboxylic acids is 1. The van der Waals surface area contributed by atoms with Gasteiger partial charge >= 0.3 is 0 Å². The van der Waals surface area contributed by atoms with E-state index in [9.17, 15) is 4.79 Å². The molecule has 2 rings (SSSR count). The number of benzene rings is 1. The van der Waals surface area contributed by atoms with Crippen molar-refractivity contribution in [3.05, 3.63) is 34.9 Å². The Balaban J connectivity index is 2.18. The van der Waals surface area contributed by atoms with E-state index >= 15 is 0 Å². The summed E-state index contributed by atoms with van der Waals surface area (Å²) in [4.78, 5) is 11.5. The highest BCUT2D eigenvalue weighted by atomic mass is 16.1. The molecule has 0 saturated heterocycles. The Bertz CT molecular complexity index is 515. The largest absolute Gasteiger partial charge is 0.303 e. The van der Waals surface area contributed by atoms with Gasteiger partial charge in [0.1, 0.15) is 6.29 Å². The van der Waals surface area contributed by atoms with Gasteiger partial charge in [0.2, 0.25) is 0 Å². The zero-order valence-electron chi connectivity index (χ0n) is 12.4. The summed E-state index contributed by atoms with van der Waals surface area (Å²) >= 11 is 0. The number of fused-ring (bicyclic) bond motifs is 1. The zero-order valence-corrected chi connectivity index (χ0v) is 12.4. The SMILES string of the molecule is CCC[C@@H](CC)C[C@H]1Cc2ccc(C#N)cc2C1C=O. The molecule has 0 bridgehead atoms. The van der Waals surface area contributed by atoms with Gasteiger partial charge in [-0.05, 0) is 47.9 Å². The molecular formula is C18H23NO. The highest BCUT2D eigenvalue weighted by molar-refractivity contribution is 5.67. The Kier molecular flexibility index (Phi) is 4.95. The Labute approximate surface area is 121 Å². The second kappa shape index (κ2) is 6.70. The summed E-state index contributed by atoms with van der Waals surface area (Å²) < 4.78 is 0. The van der Waals surface area contributed by atoms with E-state index in [1.54, 1.807) is 0 Å². The van der Waals surface area contributed by atoms with Crippen molar-refractivity contribution in [2.45, 2.75) is 51.9 Å². The third-order valence-corrected chi connectivity index (χ3v) is 4.68. The molecule has 0 aliphatic heterocycles. The summed E-state index contributed by atoms with van der Waals surface area (Å²) in [6.45, 7) is 4.47. The standard InChI is InChI=1S/C18H23NO/c1-3-5-13(4-2)8-16-10-15-7-6-14(11-19)9-17(15)18(16)12-20/h6-7,9,12-13,16,18H,3-5,8,10H2,1-2H3/t13-,16+,18?/m1/s1. The van der Waals surface area contributed by atoms with Crippen LogP contribution in [0.25, 0.3) is 0 Å². The molecule has 20 heavy (non-hydrogen) atoms. The van der Waals surface area contributed by atoms with E-state index in [1.165, 1.54) is 24.8 Å². The fourth-order valence-electron chi connectivity index (χ4n) is 3.56. The van der Waals surface area contributed by atoms with Crippen LogP contribution >= 0.6 is 0 Å². The summed E-state index contributed by atoms with van der Waals surface area (Å²) in [6, 6.07) is 7.98. The zero-order chi connectivity index (χ0) is 14.5. The number of carbonyl (C=O) groups is 1. The number of hydrogen-bond acceptors (Lipinski definition) is 2. The molecule has 1 aromatic rings. The van der Waals surface area contributed by atoms with E-state index < -0.39 is 0 Å². The quantitative estimate of drug-likeness (QED) is 0.725. The Morgan fingerprint density at radius 2 is 2.25 bits per heavy atom. The van der Waals surface area contributed by atoms with Crippen LogP contribution in [-0.2, 0) is 11.2 Å². The second-order valence-corrected chi connectivity index (χ2v) is 5.95. The monoisotopic (exact) mass is 269 g/mol. The van der Waals surface area contributed by atoms with E-state index in [-0.39, 0.29) is 5.92 Å². The lowest BCUT2D eigenvalue weighted by Gasteiger charge is -2.21. The van der Waals surface area contributed by atoms with Gasteiger partial charge in [0, 0.05) is 5.92 Å². The molecule has 0 fully saturated rings. The molecule has 0 N–H and O–H groups in total. The van der Waals surface area contributed by atoms with Crippen LogP contribution in [0.3, 0.4) is 0 Å². The Hall–Kier alpha value is -1.62. The van der Waals surface area contributed by atoms with Crippen LogP contribution in [0.5, 0.6) is 0 Å². The third-order valence-electron chi connectivity index (χ3n) is 4.68. The topological polar surface area (TPSA) is 40.9 Å². The van der Waals surface area contributed by atoms with E-state index in [0.29, 0.717) is 11.5 Å². The van der Waals surface area contributed by atoms with Gasteiger partial charge in [-0.1, -0.05) is 39.2 Å². The number of hydrogen-bond donors (Lipinski definition) is 0. The van der Waals surface area contributed by atoms with Gasteiger partial charge in [0.05, 0.1) is 11.6 Å². The van der Waals surface area contributed by atoms with Gasteiger partial charge < -0.3 is 4.79 Å². The van der Waals surface area contributed by atoms with Gasteiger partial charge in [-0.3, -0.25) is 0 Å². The van der Waals surface area contributed by atoms with Gasteiger partial charge in [-0.2, -0.15) is 5.26 Å². The molecule has 0 amide bonds. The van der Waals surface area contributed by atoms with Crippen LogP contribution < -0.4 is 0 Å². The van der Waals surface area contributed by atoms with E-state index in [0.717, 1.165) is 30.6 Å². The molecule has 0 heterocycles. The molecule has 0 spiro atoms. The third kappa shape index (κ3) is 2.93. The smallest absolute Gasteiger partial charge is 0.127 e. The lowest BCUT2D eigenvalue weighted by molar-refractivity contribution is -0.110. The molecular weight excluding hydrogens is 246 g/mol. The molecule has 2 heteroatoms. The summed E-state index contributed by atoms with van der Waals surface area (Å²) in [7, 11) is 0. The molecule has 0 radical (unpaired) electrons. The molecule has 0 aromatic heterocycles. The Morgan fingerprint density at radius 3 is 2.85 bits per heavy atom. The summed E-state index contributed by atoms with van der Waals surface area (Å²) in [5.74, 6) is 1.13. The maximum atomic E-state index is 11.5. The predicted octanol–water partition coefficient (Wildman–Crippen LogP) is 4.23. The van der Waals surface area contributed by atoms with Gasteiger partial charge in [-0.25, -0.2) is 0 Å². The van der Waals surface area contributed by atoms with Crippen LogP contribution in [0.4, 0.5) is 0 Å². The summed E-state index contributed by atoms with van der Waals surface area (Å²) in [6.07, 6.45) is 6.86. The van der Waals surface area contributed by atoms with Gasteiger partial charge in [-0.15, -0.1) is 0 Å². The van der Waals surface area contributed by atoms with Crippen molar-refractivity contribution >= 4 is 6.29 Å². The molecule has 0 saturated carbocycles. The van der Waals surface area contributed by atoms with E-state index in [4.69, 9.17) is 5.26 Å². The van der Waals surface area contributed by atoms with Crippen molar-refractivity contribution < 1.29 is 4.79 Å². The first kappa shape index (κ1) is 14.8. The normalized spacial score (nSPS) is 22.1. The fourth-order valence-corrected chi connectivity index (χ4v) is 3.56. The molecule has 1 aliphatic rings. The first-order chi connectivity index (χ1) is 9.73. The minimum Gasteiger partial charge on any atom is -0.303 e. The second-order valence-electron chi connectivity index (χ2n) is 5.95. The van der Waals surface area contributed by atoms with E-state index in [1.807, 2.05) is 18.2 Å². The van der Waals surface area contributed by atoms with Gasteiger partial charge in [0.15, 0.2) is 0 Å². The first-order valence-corrected chi connectivity index (χ1v) is 7.71. The number of rotatable bonds is 6. The minimum atomic E-state index is -0.00999. The van der Waals surface area contributed by atoms with Crippen molar-refractivity contribution in [2.24, 2.45) is 11.8 Å². The number of nitriles is 1. The summed E-state index contributed by atoms with van der Waals surface area (Å²) in [5, 5.41) is 9.01. The average molecular weight is 269 g/mol. The van der Waals surface area contributed by atoms with Gasteiger partial charge in [0.25, 0.3) is 0 Å². The molecule has 106 valence electrons. The lowest BCUT2D eigenvalue weighted by atomic mass is 9.83. The van der Waals surface area contributed by atoms with Crippen LogP contribution in [0.1, 0.15) is 62.1 Å². The van der Waals surface area contributed by atoms with Crippen LogP contribution in [-0.4, -0.2) is 6.29 Å². The first-order valence-electron chi connectivity index (χ1n) is 7.71. The minimum absolute atomic E-state index is 0.00999. The maximum absolute atomic E-state index is 11.5. The molecule has 1 aromatic carbocycles. The number of aldehydes is 1.